The number of hydrazine groups is 1. The third-order valence-corrected chi connectivity index (χ3v) is 2.72. The van der Waals surface area contributed by atoms with E-state index in [0.29, 0.717) is 25.0 Å². The number of aliphatic hydroxyl groups is 1. The first-order valence-corrected chi connectivity index (χ1v) is 6.08. The summed E-state index contributed by atoms with van der Waals surface area (Å²) in [6, 6.07) is 0.208. The van der Waals surface area contributed by atoms with Crippen LogP contribution in [0.2, 0.25) is 0 Å². The minimum Gasteiger partial charge on any atom is -0.394 e. The molecule has 0 radical (unpaired) electrons. The van der Waals surface area contributed by atoms with Crippen molar-refractivity contribution >= 4 is 5.96 Å². The number of rotatable bonds is 3. The van der Waals surface area contributed by atoms with Crippen molar-refractivity contribution in [2.45, 2.75) is 32.9 Å². The fraction of sp³-hybridized carbons (Fsp3) is 0.909. The van der Waals surface area contributed by atoms with E-state index >= 15 is 0 Å². The molecule has 0 aliphatic carbocycles. The van der Waals surface area contributed by atoms with E-state index in [-0.39, 0.29) is 18.8 Å². The van der Waals surface area contributed by atoms with Gasteiger partial charge in [0.25, 0.3) is 0 Å². The molecule has 1 aliphatic heterocycles. The highest BCUT2D eigenvalue weighted by molar-refractivity contribution is 5.79. The average molecular weight is 244 g/mol. The van der Waals surface area contributed by atoms with Crippen molar-refractivity contribution in [2.75, 3.05) is 26.3 Å². The summed E-state index contributed by atoms with van der Waals surface area (Å²) in [7, 11) is 0. The van der Waals surface area contributed by atoms with Crippen LogP contribution in [0.15, 0.2) is 4.99 Å². The van der Waals surface area contributed by atoms with Crippen molar-refractivity contribution in [3.8, 4) is 0 Å². The number of nitrogens with two attached hydrogens (primary N) is 1. The lowest BCUT2D eigenvalue weighted by Crippen LogP contribution is -2.57. The molecule has 0 aromatic rings. The second-order valence-corrected chi connectivity index (χ2v) is 4.84. The summed E-state index contributed by atoms with van der Waals surface area (Å²) in [5, 5.41) is 9.12. The Morgan fingerprint density at radius 3 is 2.88 bits per heavy atom. The molecule has 1 heterocycles. The number of nitrogens with zero attached hydrogens (tertiary/aromatic N) is 2. The molecule has 2 atom stereocenters. The minimum absolute atomic E-state index is 0.0191. The van der Waals surface area contributed by atoms with Gasteiger partial charge in [-0.2, -0.15) is 0 Å². The van der Waals surface area contributed by atoms with Crippen LogP contribution in [0, 0.1) is 5.92 Å². The largest absolute Gasteiger partial charge is 0.394 e. The molecule has 1 fully saturated rings. The van der Waals surface area contributed by atoms with Crippen molar-refractivity contribution in [3.63, 3.8) is 0 Å². The van der Waals surface area contributed by atoms with Crippen molar-refractivity contribution < 1.29 is 9.84 Å². The zero-order valence-corrected chi connectivity index (χ0v) is 10.9. The highest BCUT2D eigenvalue weighted by atomic mass is 16.5. The Hall–Kier alpha value is -0.850. The first-order valence-electron chi connectivity index (χ1n) is 6.08. The van der Waals surface area contributed by atoms with Gasteiger partial charge in [-0.15, -0.1) is 0 Å². The summed E-state index contributed by atoms with van der Waals surface area (Å²) < 4.78 is 5.47. The van der Waals surface area contributed by atoms with Crippen LogP contribution >= 0.6 is 0 Å². The molecule has 17 heavy (non-hydrogen) atoms. The Labute approximate surface area is 103 Å². The van der Waals surface area contributed by atoms with Crippen molar-refractivity contribution in [2.24, 2.45) is 16.8 Å². The maximum absolute atomic E-state index is 9.12. The van der Waals surface area contributed by atoms with Gasteiger partial charge in [0.05, 0.1) is 25.4 Å². The summed E-state index contributed by atoms with van der Waals surface area (Å²) in [4.78, 5) is 6.50. The molecular formula is C11H24N4O2. The highest BCUT2D eigenvalue weighted by Crippen LogP contribution is 2.11. The van der Waals surface area contributed by atoms with E-state index in [0.717, 1.165) is 6.54 Å². The van der Waals surface area contributed by atoms with E-state index in [2.05, 4.69) is 31.2 Å². The van der Waals surface area contributed by atoms with Crippen LogP contribution < -0.4 is 11.3 Å². The number of morpholine rings is 1. The number of guanidine groups is 1. The zero-order valence-electron chi connectivity index (χ0n) is 10.9. The number of ether oxygens (including phenoxy) is 1. The topological polar surface area (TPSA) is 83.1 Å². The maximum atomic E-state index is 9.12. The average Bonchev–Trinajstić information content (AvgIpc) is 2.31. The quantitative estimate of drug-likeness (QED) is 0.271. The van der Waals surface area contributed by atoms with Gasteiger partial charge in [-0.05, 0) is 12.8 Å². The molecule has 0 aromatic carbocycles. The first-order chi connectivity index (χ1) is 8.08. The van der Waals surface area contributed by atoms with E-state index in [1.165, 1.54) is 0 Å². The predicted octanol–water partition coefficient (Wildman–Crippen LogP) is -0.457. The molecule has 2 unspecified atom stereocenters. The van der Waals surface area contributed by atoms with Gasteiger partial charge in [-0.25, -0.2) is 5.84 Å². The predicted molar refractivity (Wildman–Crippen MR) is 67.5 cm³/mol. The molecule has 4 N–H and O–H groups in total. The zero-order chi connectivity index (χ0) is 12.8. The monoisotopic (exact) mass is 244 g/mol. The standard InChI is InChI=1S/C11H24N4O2/c1-8(2)4-13-11(14-12)15-5-10(6-16)17-7-9(15)3/h8-10,16H,4-7,12H2,1-3H3,(H,13,14). The summed E-state index contributed by atoms with van der Waals surface area (Å²) >= 11 is 0. The number of aliphatic imine (C=N–C) groups is 1. The summed E-state index contributed by atoms with van der Waals surface area (Å²) in [5.41, 5.74) is 2.64. The lowest BCUT2D eigenvalue weighted by Gasteiger charge is -2.39. The van der Waals surface area contributed by atoms with Gasteiger partial charge >= 0.3 is 0 Å². The van der Waals surface area contributed by atoms with Crippen LogP contribution in [0.1, 0.15) is 20.8 Å². The molecule has 0 amide bonds. The molecule has 6 heteroatoms. The lowest BCUT2D eigenvalue weighted by molar-refractivity contribution is -0.0570. The summed E-state index contributed by atoms with van der Waals surface area (Å²) in [5.74, 6) is 6.68. The van der Waals surface area contributed by atoms with Crippen LogP contribution in [0.25, 0.3) is 0 Å². The van der Waals surface area contributed by atoms with Crippen LogP contribution in [-0.2, 0) is 4.74 Å². The molecule has 1 aliphatic rings. The van der Waals surface area contributed by atoms with Crippen LogP contribution in [0.5, 0.6) is 0 Å². The van der Waals surface area contributed by atoms with E-state index in [9.17, 15) is 0 Å². The summed E-state index contributed by atoms with van der Waals surface area (Å²) in [6.45, 7) is 8.20. The number of aliphatic hydroxyl groups excluding tert-OH is 1. The van der Waals surface area contributed by atoms with E-state index in [1.807, 2.05) is 4.90 Å². The fourth-order valence-electron chi connectivity index (χ4n) is 1.71. The lowest BCUT2D eigenvalue weighted by atomic mass is 10.2. The van der Waals surface area contributed by atoms with E-state index < -0.39 is 0 Å². The smallest absolute Gasteiger partial charge is 0.208 e. The molecular weight excluding hydrogens is 220 g/mol. The van der Waals surface area contributed by atoms with Gasteiger partial charge in [-0.1, -0.05) is 13.8 Å². The Balaban J connectivity index is 2.67. The van der Waals surface area contributed by atoms with Crippen LogP contribution in [0.4, 0.5) is 0 Å². The number of hydrogen-bond acceptors (Lipinski definition) is 4. The third kappa shape index (κ3) is 4.14. The first kappa shape index (κ1) is 14.2. The molecule has 1 rings (SSSR count). The Bertz CT molecular complexity index is 258. The van der Waals surface area contributed by atoms with Gasteiger partial charge in [-0.3, -0.25) is 10.4 Å². The molecule has 6 nitrogen and oxygen atoms in total. The van der Waals surface area contributed by atoms with Gasteiger partial charge in [0, 0.05) is 13.1 Å². The van der Waals surface area contributed by atoms with Crippen molar-refractivity contribution in [3.05, 3.63) is 0 Å². The van der Waals surface area contributed by atoms with E-state index in [4.69, 9.17) is 15.7 Å². The molecule has 0 spiro atoms. The Morgan fingerprint density at radius 2 is 2.35 bits per heavy atom. The normalized spacial score (nSPS) is 26.5. The minimum atomic E-state index is -0.163. The molecule has 0 aromatic heterocycles. The molecule has 0 saturated carbocycles. The third-order valence-electron chi connectivity index (χ3n) is 2.72. The van der Waals surface area contributed by atoms with Gasteiger partial charge < -0.3 is 14.7 Å². The maximum Gasteiger partial charge on any atom is 0.208 e. The Morgan fingerprint density at radius 1 is 1.65 bits per heavy atom. The molecule has 1 saturated heterocycles. The van der Waals surface area contributed by atoms with Crippen molar-refractivity contribution in [1.29, 1.82) is 0 Å². The Kier molecular flexibility index (Phi) is 5.67. The second kappa shape index (κ2) is 6.78. The van der Waals surface area contributed by atoms with Gasteiger partial charge in [0.15, 0.2) is 0 Å². The van der Waals surface area contributed by atoms with Crippen LogP contribution in [-0.4, -0.2) is 54.4 Å². The highest BCUT2D eigenvalue weighted by Gasteiger charge is 2.27. The molecule has 100 valence electrons. The fourth-order valence-corrected chi connectivity index (χ4v) is 1.71. The van der Waals surface area contributed by atoms with E-state index in [1.54, 1.807) is 0 Å². The second-order valence-electron chi connectivity index (χ2n) is 4.84. The summed E-state index contributed by atoms with van der Waals surface area (Å²) in [6.07, 6.45) is -0.163. The van der Waals surface area contributed by atoms with Gasteiger partial charge in [0.1, 0.15) is 0 Å². The van der Waals surface area contributed by atoms with Gasteiger partial charge in [0.2, 0.25) is 5.96 Å². The SMILES string of the molecule is CC(C)CN=C(NN)N1CC(CO)OCC1C. The number of nitrogens with one attached hydrogen (secondary N) is 1. The van der Waals surface area contributed by atoms with Crippen LogP contribution in [0.3, 0.4) is 0 Å². The van der Waals surface area contributed by atoms with Crippen molar-refractivity contribution in [1.82, 2.24) is 10.3 Å². The number of hydrogen-bond donors (Lipinski definition) is 3. The molecule has 0 bridgehead atoms.